The van der Waals surface area contributed by atoms with Crippen LogP contribution >= 0.6 is 15.9 Å². The number of amides is 2. The van der Waals surface area contributed by atoms with Crippen LogP contribution in [0.1, 0.15) is 44.7 Å². The van der Waals surface area contributed by atoms with E-state index in [9.17, 15) is 4.79 Å². The maximum atomic E-state index is 12.3. The van der Waals surface area contributed by atoms with E-state index in [2.05, 4.69) is 28.2 Å². The van der Waals surface area contributed by atoms with Crippen molar-refractivity contribution in [1.82, 2.24) is 10.2 Å². The number of piperidine rings is 1. The summed E-state index contributed by atoms with van der Waals surface area (Å²) in [6.07, 6.45) is 3.46. The zero-order valence-corrected chi connectivity index (χ0v) is 13.1. The van der Waals surface area contributed by atoms with Crippen LogP contribution in [0.15, 0.2) is 28.7 Å². The largest absolute Gasteiger partial charge is 0.331 e. The second-order valence-corrected chi connectivity index (χ2v) is 6.18. The van der Waals surface area contributed by atoms with Crippen molar-refractivity contribution in [2.24, 2.45) is 0 Å². The molecule has 0 bridgehead atoms. The molecule has 1 aliphatic rings. The Labute approximate surface area is 123 Å². The van der Waals surface area contributed by atoms with Crippen LogP contribution < -0.4 is 5.32 Å². The summed E-state index contributed by atoms with van der Waals surface area (Å²) < 4.78 is 1.06. The standard InChI is InChI=1S/C15H21BrN2O/c1-11-5-3-4-10-18(11)15(19)17-12(2)13-6-8-14(16)9-7-13/h6-9,11-12H,3-5,10H2,1-2H3,(H,17,19). The molecular formula is C15H21BrN2O. The second kappa shape index (κ2) is 6.42. The molecule has 0 aliphatic carbocycles. The highest BCUT2D eigenvalue weighted by Crippen LogP contribution is 2.19. The molecule has 19 heavy (non-hydrogen) atoms. The summed E-state index contributed by atoms with van der Waals surface area (Å²) in [5, 5.41) is 3.09. The number of halogens is 1. The van der Waals surface area contributed by atoms with Crippen LogP contribution in [0.25, 0.3) is 0 Å². The molecule has 4 heteroatoms. The van der Waals surface area contributed by atoms with Gasteiger partial charge in [-0.25, -0.2) is 4.79 Å². The fourth-order valence-electron chi connectivity index (χ4n) is 2.50. The molecule has 1 heterocycles. The maximum Gasteiger partial charge on any atom is 0.318 e. The minimum absolute atomic E-state index is 0.0368. The lowest BCUT2D eigenvalue weighted by molar-refractivity contribution is 0.155. The maximum absolute atomic E-state index is 12.3. The Bertz CT molecular complexity index is 432. The fraction of sp³-hybridized carbons (Fsp3) is 0.533. The number of carbonyl (C=O) groups excluding carboxylic acids is 1. The number of likely N-dealkylation sites (tertiary alicyclic amines) is 1. The normalized spacial score (nSPS) is 21.0. The molecule has 0 saturated carbocycles. The van der Waals surface area contributed by atoms with Gasteiger partial charge in [-0.15, -0.1) is 0 Å². The monoisotopic (exact) mass is 324 g/mol. The zero-order valence-electron chi connectivity index (χ0n) is 11.5. The minimum atomic E-state index is 0.0368. The van der Waals surface area contributed by atoms with Gasteiger partial charge in [-0.1, -0.05) is 28.1 Å². The van der Waals surface area contributed by atoms with Crippen molar-refractivity contribution in [3.63, 3.8) is 0 Å². The third kappa shape index (κ3) is 3.72. The van der Waals surface area contributed by atoms with Crippen LogP contribution in [0.3, 0.4) is 0 Å². The van der Waals surface area contributed by atoms with E-state index in [1.807, 2.05) is 36.1 Å². The smallest absolute Gasteiger partial charge is 0.318 e. The lowest BCUT2D eigenvalue weighted by Crippen LogP contribution is -2.48. The topological polar surface area (TPSA) is 32.3 Å². The molecular weight excluding hydrogens is 304 g/mol. The predicted octanol–water partition coefficient (Wildman–Crippen LogP) is 4.09. The van der Waals surface area contributed by atoms with Crippen molar-refractivity contribution in [3.05, 3.63) is 34.3 Å². The van der Waals surface area contributed by atoms with Crippen LogP contribution in [0.2, 0.25) is 0 Å². The third-order valence-corrected chi connectivity index (χ3v) is 4.30. The van der Waals surface area contributed by atoms with Crippen molar-refractivity contribution < 1.29 is 4.79 Å². The molecule has 2 amide bonds. The summed E-state index contributed by atoms with van der Waals surface area (Å²) in [4.78, 5) is 14.2. The quantitative estimate of drug-likeness (QED) is 0.872. The summed E-state index contributed by atoms with van der Waals surface area (Å²) in [7, 11) is 0. The number of nitrogens with one attached hydrogen (secondary N) is 1. The molecule has 1 N–H and O–H groups in total. The Balaban J connectivity index is 1.96. The average molecular weight is 325 g/mol. The zero-order chi connectivity index (χ0) is 13.8. The third-order valence-electron chi connectivity index (χ3n) is 3.77. The van der Waals surface area contributed by atoms with Gasteiger partial charge in [0.15, 0.2) is 0 Å². The number of benzene rings is 1. The molecule has 0 aromatic heterocycles. The summed E-state index contributed by atoms with van der Waals surface area (Å²) in [5.74, 6) is 0. The molecule has 2 rings (SSSR count). The summed E-state index contributed by atoms with van der Waals surface area (Å²) in [5.41, 5.74) is 1.13. The highest BCUT2D eigenvalue weighted by molar-refractivity contribution is 9.10. The van der Waals surface area contributed by atoms with Gasteiger partial charge in [-0.2, -0.15) is 0 Å². The van der Waals surface area contributed by atoms with Gasteiger partial charge >= 0.3 is 6.03 Å². The number of hydrogen-bond acceptors (Lipinski definition) is 1. The van der Waals surface area contributed by atoms with Gasteiger partial charge in [0.1, 0.15) is 0 Å². The van der Waals surface area contributed by atoms with E-state index >= 15 is 0 Å². The SMILES string of the molecule is CC(NC(=O)N1CCCCC1C)c1ccc(Br)cc1. The van der Waals surface area contributed by atoms with Gasteiger partial charge in [0.05, 0.1) is 6.04 Å². The fourth-order valence-corrected chi connectivity index (χ4v) is 2.77. The molecule has 2 unspecified atom stereocenters. The predicted molar refractivity (Wildman–Crippen MR) is 81.1 cm³/mol. The average Bonchev–Trinajstić information content (AvgIpc) is 2.39. The number of carbonyl (C=O) groups is 1. The molecule has 104 valence electrons. The first-order valence-electron chi connectivity index (χ1n) is 6.90. The summed E-state index contributed by atoms with van der Waals surface area (Å²) in [6, 6.07) is 8.52. The Hall–Kier alpha value is -1.03. The molecule has 0 spiro atoms. The molecule has 1 saturated heterocycles. The van der Waals surface area contributed by atoms with Crippen LogP contribution in [0.5, 0.6) is 0 Å². The van der Waals surface area contributed by atoms with Crippen molar-refractivity contribution >= 4 is 22.0 Å². The van der Waals surface area contributed by atoms with Crippen molar-refractivity contribution in [1.29, 1.82) is 0 Å². The van der Waals surface area contributed by atoms with E-state index in [1.165, 1.54) is 6.42 Å². The Morgan fingerprint density at radius 1 is 1.37 bits per heavy atom. The van der Waals surface area contributed by atoms with Crippen molar-refractivity contribution in [3.8, 4) is 0 Å². The highest BCUT2D eigenvalue weighted by Gasteiger charge is 2.24. The van der Waals surface area contributed by atoms with E-state index in [1.54, 1.807) is 0 Å². The Kier molecular flexibility index (Phi) is 4.86. The van der Waals surface area contributed by atoms with Crippen LogP contribution in [-0.4, -0.2) is 23.5 Å². The van der Waals surface area contributed by atoms with Gasteiger partial charge in [0.2, 0.25) is 0 Å². The molecule has 0 radical (unpaired) electrons. The number of nitrogens with zero attached hydrogens (tertiary/aromatic N) is 1. The van der Waals surface area contributed by atoms with Crippen LogP contribution in [0, 0.1) is 0 Å². The number of urea groups is 1. The highest BCUT2D eigenvalue weighted by atomic mass is 79.9. The van der Waals surface area contributed by atoms with Gasteiger partial charge in [0, 0.05) is 17.1 Å². The molecule has 1 fully saturated rings. The number of hydrogen-bond donors (Lipinski definition) is 1. The van der Waals surface area contributed by atoms with Gasteiger partial charge in [0.25, 0.3) is 0 Å². The summed E-state index contributed by atoms with van der Waals surface area (Å²) in [6.45, 7) is 5.03. The Morgan fingerprint density at radius 2 is 2.05 bits per heavy atom. The van der Waals surface area contributed by atoms with Crippen molar-refractivity contribution in [2.75, 3.05) is 6.54 Å². The first-order chi connectivity index (χ1) is 9.08. The van der Waals surface area contributed by atoms with E-state index in [0.717, 1.165) is 29.4 Å². The molecule has 1 aromatic carbocycles. The van der Waals surface area contributed by atoms with E-state index in [4.69, 9.17) is 0 Å². The lowest BCUT2D eigenvalue weighted by atomic mass is 10.0. The van der Waals surface area contributed by atoms with Crippen molar-refractivity contribution in [2.45, 2.75) is 45.2 Å². The summed E-state index contributed by atoms with van der Waals surface area (Å²) >= 11 is 3.42. The van der Waals surface area contributed by atoms with E-state index in [0.29, 0.717) is 6.04 Å². The van der Waals surface area contributed by atoms with Gasteiger partial charge < -0.3 is 10.2 Å². The lowest BCUT2D eigenvalue weighted by Gasteiger charge is -2.34. The Morgan fingerprint density at radius 3 is 2.68 bits per heavy atom. The number of rotatable bonds is 2. The van der Waals surface area contributed by atoms with Gasteiger partial charge in [-0.3, -0.25) is 0 Å². The first kappa shape index (κ1) is 14.4. The van der Waals surface area contributed by atoms with E-state index < -0.39 is 0 Å². The second-order valence-electron chi connectivity index (χ2n) is 5.26. The van der Waals surface area contributed by atoms with Crippen LogP contribution in [-0.2, 0) is 0 Å². The molecule has 2 atom stereocenters. The van der Waals surface area contributed by atoms with E-state index in [-0.39, 0.29) is 12.1 Å². The first-order valence-corrected chi connectivity index (χ1v) is 7.70. The van der Waals surface area contributed by atoms with Crippen LogP contribution in [0.4, 0.5) is 4.79 Å². The molecule has 1 aromatic rings. The molecule has 1 aliphatic heterocycles. The van der Waals surface area contributed by atoms with Gasteiger partial charge in [-0.05, 0) is 50.8 Å². The molecule has 3 nitrogen and oxygen atoms in total. The minimum Gasteiger partial charge on any atom is -0.331 e.